The zero-order valence-corrected chi connectivity index (χ0v) is 10.6. The van der Waals surface area contributed by atoms with Crippen LogP contribution in [0, 0.1) is 17.8 Å². The van der Waals surface area contributed by atoms with Crippen LogP contribution in [0.4, 0.5) is 0 Å². The van der Waals surface area contributed by atoms with Gasteiger partial charge in [-0.3, -0.25) is 4.79 Å². The molecule has 2 bridgehead atoms. The molecular formula is C13H24N2O. The van der Waals surface area contributed by atoms with Crippen LogP contribution in [-0.2, 0) is 4.79 Å². The lowest BCUT2D eigenvalue weighted by atomic mass is 9.86. The topological polar surface area (TPSA) is 41.1 Å². The number of nitrogens with one attached hydrogen (secondary N) is 2. The maximum atomic E-state index is 12.0. The van der Waals surface area contributed by atoms with Crippen molar-refractivity contribution < 1.29 is 4.79 Å². The third-order valence-electron chi connectivity index (χ3n) is 4.26. The third kappa shape index (κ3) is 2.57. The van der Waals surface area contributed by atoms with Gasteiger partial charge in [-0.15, -0.1) is 0 Å². The second-order valence-corrected chi connectivity index (χ2v) is 5.92. The molecule has 0 aromatic rings. The van der Waals surface area contributed by atoms with Gasteiger partial charge in [0.05, 0.1) is 0 Å². The van der Waals surface area contributed by atoms with E-state index < -0.39 is 0 Å². The van der Waals surface area contributed by atoms with E-state index in [0.717, 1.165) is 18.9 Å². The monoisotopic (exact) mass is 224 g/mol. The van der Waals surface area contributed by atoms with Gasteiger partial charge in [0.25, 0.3) is 0 Å². The van der Waals surface area contributed by atoms with E-state index in [1.807, 2.05) is 6.92 Å². The molecule has 1 saturated carbocycles. The van der Waals surface area contributed by atoms with Crippen molar-refractivity contribution in [2.45, 2.75) is 52.1 Å². The highest BCUT2D eigenvalue weighted by molar-refractivity contribution is 5.78. The molecule has 0 spiro atoms. The lowest BCUT2D eigenvalue weighted by molar-refractivity contribution is -0.126. The number of hydrogen-bond acceptors (Lipinski definition) is 2. The second kappa shape index (κ2) is 4.74. The molecule has 2 aliphatic rings. The van der Waals surface area contributed by atoms with Gasteiger partial charge in [0.1, 0.15) is 0 Å². The first-order valence-corrected chi connectivity index (χ1v) is 6.60. The molecule has 2 rings (SSSR count). The lowest BCUT2D eigenvalue weighted by Gasteiger charge is -2.29. The average molecular weight is 224 g/mol. The Hall–Kier alpha value is -0.570. The standard InChI is InChI=1S/C13H24N2O/c1-8(2)9(3)13(16)15-12-5-10-4-11(6-12)14-7-10/h8-12,14H,4-7H2,1-3H3,(H,15,16). The van der Waals surface area contributed by atoms with Crippen molar-refractivity contribution in [1.29, 1.82) is 0 Å². The van der Waals surface area contributed by atoms with Crippen molar-refractivity contribution in [2.75, 3.05) is 6.54 Å². The van der Waals surface area contributed by atoms with Crippen LogP contribution >= 0.6 is 0 Å². The summed E-state index contributed by atoms with van der Waals surface area (Å²) in [5, 5.41) is 6.74. The van der Waals surface area contributed by atoms with Crippen LogP contribution in [0.15, 0.2) is 0 Å². The van der Waals surface area contributed by atoms with Crippen molar-refractivity contribution in [2.24, 2.45) is 17.8 Å². The zero-order valence-electron chi connectivity index (χ0n) is 10.6. The zero-order chi connectivity index (χ0) is 11.7. The summed E-state index contributed by atoms with van der Waals surface area (Å²) >= 11 is 0. The van der Waals surface area contributed by atoms with E-state index in [-0.39, 0.29) is 11.8 Å². The lowest BCUT2D eigenvalue weighted by Crippen LogP contribution is -2.44. The van der Waals surface area contributed by atoms with E-state index in [2.05, 4.69) is 24.5 Å². The predicted molar refractivity (Wildman–Crippen MR) is 65.1 cm³/mol. The summed E-state index contributed by atoms with van der Waals surface area (Å²) < 4.78 is 0. The smallest absolute Gasteiger partial charge is 0.223 e. The Kier molecular flexibility index (Phi) is 3.53. The van der Waals surface area contributed by atoms with Crippen molar-refractivity contribution >= 4 is 5.91 Å². The fraction of sp³-hybridized carbons (Fsp3) is 0.923. The summed E-state index contributed by atoms with van der Waals surface area (Å²) in [6.07, 6.45) is 3.60. The molecular weight excluding hydrogens is 200 g/mol. The van der Waals surface area contributed by atoms with Gasteiger partial charge in [-0.1, -0.05) is 20.8 Å². The first-order valence-electron chi connectivity index (χ1n) is 6.60. The maximum absolute atomic E-state index is 12.0. The highest BCUT2D eigenvalue weighted by atomic mass is 16.1. The van der Waals surface area contributed by atoms with E-state index >= 15 is 0 Å². The average Bonchev–Trinajstić information content (AvgIpc) is 2.56. The van der Waals surface area contributed by atoms with Gasteiger partial charge in [-0.25, -0.2) is 0 Å². The number of hydrogen-bond donors (Lipinski definition) is 2. The highest BCUT2D eigenvalue weighted by Gasteiger charge is 2.34. The minimum atomic E-state index is 0.132. The van der Waals surface area contributed by atoms with Crippen molar-refractivity contribution in [3.8, 4) is 0 Å². The molecule has 2 N–H and O–H groups in total. The Bertz CT molecular complexity index is 253. The van der Waals surface area contributed by atoms with Crippen molar-refractivity contribution in [3.05, 3.63) is 0 Å². The predicted octanol–water partition coefficient (Wildman–Crippen LogP) is 1.54. The van der Waals surface area contributed by atoms with Crippen LogP contribution in [0.25, 0.3) is 0 Å². The molecule has 1 amide bonds. The van der Waals surface area contributed by atoms with Crippen LogP contribution in [0.3, 0.4) is 0 Å². The molecule has 1 aliphatic heterocycles. The fourth-order valence-corrected chi connectivity index (χ4v) is 2.86. The molecule has 1 aliphatic carbocycles. The number of fused-ring (bicyclic) bond motifs is 2. The SMILES string of the molecule is CC(C)C(C)C(=O)NC1CC2CNC(C2)C1. The van der Waals surface area contributed by atoms with E-state index in [9.17, 15) is 4.79 Å². The summed E-state index contributed by atoms with van der Waals surface area (Å²) in [7, 11) is 0. The summed E-state index contributed by atoms with van der Waals surface area (Å²) in [6, 6.07) is 1.06. The number of carbonyl (C=O) groups excluding carboxylic acids is 1. The van der Waals surface area contributed by atoms with Crippen molar-refractivity contribution in [3.63, 3.8) is 0 Å². The Labute approximate surface area is 98.4 Å². The molecule has 0 aromatic carbocycles. The van der Waals surface area contributed by atoms with Gasteiger partial charge in [-0.05, 0) is 37.6 Å². The Morgan fingerprint density at radius 3 is 2.62 bits per heavy atom. The van der Waals surface area contributed by atoms with Crippen LogP contribution in [0.5, 0.6) is 0 Å². The molecule has 2 fully saturated rings. The van der Waals surface area contributed by atoms with Crippen LogP contribution in [0.1, 0.15) is 40.0 Å². The summed E-state index contributed by atoms with van der Waals surface area (Å²) in [6.45, 7) is 7.39. The normalized spacial score (nSPS) is 35.1. The summed E-state index contributed by atoms with van der Waals surface area (Å²) in [5.41, 5.74) is 0. The third-order valence-corrected chi connectivity index (χ3v) is 4.26. The van der Waals surface area contributed by atoms with Gasteiger partial charge >= 0.3 is 0 Å². The molecule has 3 heteroatoms. The largest absolute Gasteiger partial charge is 0.353 e. The highest BCUT2D eigenvalue weighted by Crippen LogP contribution is 2.29. The minimum absolute atomic E-state index is 0.132. The molecule has 1 heterocycles. The first-order chi connectivity index (χ1) is 7.56. The Morgan fingerprint density at radius 1 is 1.25 bits per heavy atom. The van der Waals surface area contributed by atoms with Gasteiger partial charge in [0.15, 0.2) is 0 Å². The van der Waals surface area contributed by atoms with Crippen LogP contribution < -0.4 is 10.6 Å². The molecule has 0 radical (unpaired) electrons. The number of amides is 1. The quantitative estimate of drug-likeness (QED) is 0.763. The van der Waals surface area contributed by atoms with Gasteiger partial charge in [0.2, 0.25) is 5.91 Å². The van der Waals surface area contributed by atoms with E-state index in [1.54, 1.807) is 0 Å². The molecule has 0 aromatic heterocycles. The van der Waals surface area contributed by atoms with Crippen molar-refractivity contribution in [1.82, 2.24) is 10.6 Å². The van der Waals surface area contributed by atoms with Crippen LogP contribution in [0.2, 0.25) is 0 Å². The Morgan fingerprint density at radius 2 is 2.00 bits per heavy atom. The number of rotatable bonds is 3. The molecule has 16 heavy (non-hydrogen) atoms. The van der Waals surface area contributed by atoms with E-state index in [4.69, 9.17) is 0 Å². The molecule has 92 valence electrons. The molecule has 4 unspecified atom stereocenters. The Balaban J connectivity index is 1.83. The molecule has 4 atom stereocenters. The summed E-state index contributed by atoms with van der Waals surface area (Å²) in [5.74, 6) is 1.59. The minimum Gasteiger partial charge on any atom is -0.353 e. The fourth-order valence-electron chi connectivity index (χ4n) is 2.86. The second-order valence-electron chi connectivity index (χ2n) is 5.92. The van der Waals surface area contributed by atoms with Gasteiger partial charge in [-0.2, -0.15) is 0 Å². The number of carbonyl (C=O) groups is 1. The maximum Gasteiger partial charge on any atom is 0.223 e. The molecule has 3 nitrogen and oxygen atoms in total. The van der Waals surface area contributed by atoms with E-state index in [1.165, 1.54) is 12.8 Å². The first kappa shape index (κ1) is 11.9. The van der Waals surface area contributed by atoms with Gasteiger partial charge < -0.3 is 10.6 Å². The van der Waals surface area contributed by atoms with E-state index in [0.29, 0.717) is 18.0 Å². The van der Waals surface area contributed by atoms with Crippen LogP contribution in [-0.4, -0.2) is 24.5 Å². The molecule has 1 saturated heterocycles. The summed E-state index contributed by atoms with van der Waals surface area (Å²) in [4.78, 5) is 12.0. The van der Waals surface area contributed by atoms with Gasteiger partial charge in [0, 0.05) is 18.0 Å².